The highest BCUT2D eigenvalue weighted by atomic mass is 16.5. The number of para-hydroxylation sites is 1. The minimum atomic E-state index is 0.607. The van der Waals surface area contributed by atoms with E-state index in [1.165, 1.54) is 0 Å². The van der Waals surface area contributed by atoms with E-state index in [0.29, 0.717) is 13.2 Å². The van der Waals surface area contributed by atoms with E-state index >= 15 is 0 Å². The molecule has 1 aromatic carbocycles. The zero-order chi connectivity index (χ0) is 16.0. The molecule has 0 saturated carbocycles. The average Bonchev–Trinajstić information content (AvgIpc) is 2.54. The van der Waals surface area contributed by atoms with E-state index in [2.05, 4.69) is 15.6 Å². The van der Waals surface area contributed by atoms with Gasteiger partial charge in [-0.1, -0.05) is 18.2 Å². The average molecular weight is 307 g/mol. The van der Waals surface area contributed by atoms with Crippen LogP contribution in [0.2, 0.25) is 0 Å². The highest BCUT2D eigenvalue weighted by Gasteiger charge is 1.99. The Morgan fingerprint density at radius 3 is 2.59 bits per heavy atom. The van der Waals surface area contributed by atoms with Crippen molar-refractivity contribution in [2.45, 2.75) is 26.7 Å². The lowest BCUT2D eigenvalue weighted by Crippen LogP contribution is -2.39. The van der Waals surface area contributed by atoms with Crippen molar-refractivity contribution in [3.63, 3.8) is 0 Å². The molecule has 0 aliphatic carbocycles. The van der Waals surface area contributed by atoms with Gasteiger partial charge in [0.2, 0.25) is 0 Å². The number of hydrogen-bond acceptors (Lipinski definition) is 3. The maximum absolute atomic E-state index is 5.74. The molecule has 0 atom stereocenters. The van der Waals surface area contributed by atoms with Crippen LogP contribution in [-0.4, -0.2) is 45.9 Å². The maximum atomic E-state index is 5.74. The maximum Gasteiger partial charge on any atom is 0.191 e. The Morgan fingerprint density at radius 2 is 1.86 bits per heavy atom. The van der Waals surface area contributed by atoms with Crippen LogP contribution in [0.3, 0.4) is 0 Å². The van der Waals surface area contributed by atoms with Crippen molar-refractivity contribution in [3.05, 3.63) is 29.8 Å². The zero-order valence-corrected chi connectivity index (χ0v) is 14.0. The molecule has 5 heteroatoms. The van der Waals surface area contributed by atoms with Crippen LogP contribution < -0.4 is 15.4 Å². The summed E-state index contributed by atoms with van der Waals surface area (Å²) in [5.41, 5.74) is 1.15. The molecule has 124 valence electrons. The first-order chi connectivity index (χ1) is 10.8. The molecule has 5 nitrogen and oxygen atoms in total. The third kappa shape index (κ3) is 7.88. The number of aryl methyl sites for hydroxylation is 1. The van der Waals surface area contributed by atoms with Gasteiger partial charge in [-0.25, -0.2) is 0 Å². The van der Waals surface area contributed by atoms with E-state index in [0.717, 1.165) is 49.9 Å². The Bertz CT molecular complexity index is 436. The molecule has 0 amide bonds. The third-order valence-electron chi connectivity index (χ3n) is 3.18. The van der Waals surface area contributed by atoms with Crippen molar-refractivity contribution >= 4 is 5.96 Å². The molecule has 0 spiro atoms. The van der Waals surface area contributed by atoms with E-state index in [1.54, 1.807) is 7.05 Å². The summed E-state index contributed by atoms with van der Waals surface area (Å²) in [6.07, 6.45) is 2.13. The van der Waals surface area contributed by atoms with Gasteiger partial charge < -0.3 is 20.1 Å². The van der Waals surface area contributed by atoms with Crippen molar-refractivity contribution in [1.82, 2.24) is 10.6 Å². The van der Waals surface area contributed by atoms with Gasteiger partial charge in [-0.05, 0) is 38.3 Å². The summed E-state index contributed by atoms with van der Waals surface area (Å²) in [5, 5.41) is 6.53. The topological polar surface area (TPSA) is 54.9 Å². The largest absolute Gasteiger partial charge is 0.491 e. The van der Waals surface area contributed by atoms with Gasteiger partial charge in [-0.3, -0.25) is 4.99 Å². The number of guanidine groups is 1. The summed E-state index contributed by atoms with van der Waals surface area (Å²) < 4.78 is 11.0. The molecule has 0 heterocycles. The molecule has 0 fully saturated rings. The Morgan fingerprint density at radius 1 is 1.09 bits per heavy atom. The Kier molecular flexibility index (Phi) is 9.87. The van der Waals surface area contributed by atoms with Gasteiger partial charge in [0, 0.05) is 26.8 Å². The Balaban J connectivity index is 2.10. The number of aliphatic imine (C=N–C) groups is 1. The highest BCUT2D eigenvalue weighted by molar-refractivity contribution is 5.79. The number of unbranched alkanes of at least 4 members (excludes halogenated alkanes) is 1. The van der Waals surface area contributed by atoms with Crippen molar-refractivity contribution in [3.8, 4) is 5.75 Å². The summed E-state index contributed by atoms with van der Waals surface area (Å²) in [4.78, 5) is 4.19. The van der Waals surface area contributed by atoms with Gasteiger partial charge in [0.25, 0.3) is 0 Å². The third-order valence-corrected chi connectivity index (χ3v) is 3.18. The minimum Gasteiger partial charge on any atom is -0.491 e. The monoisotopic (exact) mass is 307 g/mol. The van der Waals surface area contributed by atoms with Crippen molar-refractivity contribution in [2.24, 2.45) is 4.99 Å². The lowest BCUT2D eigenvalue weighted by Gasteiger charge is -2.13. The van der Waals surface area contributed by atoms with E-state index in [-0.39, 0.29) is 0 Å². The summed E-state index contributed by atoms with van der Waals surface area (Å²) in [7, 11) is 1.78. The highest BCUT2D eigenvalue weighted by Crippen LogP contribution is 2.15. The summed E-state index contributed by atoms with van der Waals surface area (Å²) >= 11 is 0. The molecule has 0 aliphatic heterocycles. The SMILES string of the molecule is CCOCCCCNC(=NC)NCCOc1ccccc1C. The van der Waals surface area contributed by atoms with Gasteiger partial charge >= 0.3 is 0 Å². The molecule has 0 radical (unpaired) electrons. The lowest BCUT2D eigenvalue weighted by atomic mass is 10.2. The molecule has 0 unspecified atom stereocenters. The number of ether oxygens (including phenoxy) is 2. The van der Waals surface area contributed by atoms with Crippen LogP contribution in [0.5, 0.6) is 5.75 Å². The van der Waals surface area contributed by atoms with Gasteiger partial charge in [-0.15, -0.1) is 0 Å². The Hall–Kier alpha value is -1.75. The second-order valence-electron chi connectivity index (χ2n) is 4.94. The molecule has 0 aliphatic rings. The fraction of sp³-hybridized carbons (Fsp3) is 0.588. The van der Waals surface area contributed by atoms with Crippen molar-refractivity contribution in [2.75, 3.05) is 40.0 Å². The number of benzene rings is 1. The second-order valence-corrected chi connectivity index (χ2v) is 4.94. The summed E-state index contributed by atoms with van der Waals surface area (Å²) in [5.74, 6) is 1.74. The molecule has 0 aromatic heterocycles. The first-order valence-electron chi connectivity index (χ1n) is 7.98. The number of rotatable bonds is 10. The zero-order valence-electron chi connectivity index (χ0n) is 14.0. The summed E-state index contributed by atoms with van der Waals surface area (Å²) in [6, 6.07) is 8.03. The van der Waals surface area contributed by atoms with Gasteiger partial charge in [0.1, 0.15) is 12.4 Å². The standard InChI is InChI=1S/C17H29N3O2/c1-4-21-13-8-7-11-19-17(18-3)20-12-14-22-16-10-6-5-9-15(16)2/h5-6,9-10H,4,7-8,11-14H2,1-3H3,(H2,18,19,20). The van der Waals surface area contributed by atoms with E-state index < -0.39 is 0 Å². The van der Waals surface area contributed by atoms with Crippen LogP contribution in [0.4, 0.5) is 0 Å². The van der Waals surface area contributed by atoms with Crippen LogP contribution in [0, 0.1) is 6.92 Å². The fourth-order valence-corrected chi connectivity index (χ4v) is 1.95. The fourth-order valence-electron chi connectivity index (χ4n) is 1.95. The van der Waals surface area contributed by atoms with E-state index in [4.69, 9.17) is 9.47 Å². The van der Waals surface area contributed by atoms with Crippen LogP contribution in [0.15, 0.2) is 29.3 Å². The predicted octanol–water partition coefficient (Wildman–Crippen LogP) is 2.36. The first kappa shape index (κ1) is 18.3. The second kappa shape index (κ2) is 11.9. The quantitative estimate of drug-likeness (QED) is 0.396. The first-order valence-corrected chi connectivity index (χ1v) is 7.98. The van der Waals surface area contributed by atoms with E-state index in [9.17, 15) is 0 Å². The van der Waals surface area contributed by atoms with Crippen molar-refractivity contribution in [1.29, 1.82) is 0 Å². The van der Waals surface area contributed by atoms with E-state index in [1.807, 2.05) is 38.1 Å². The van der Waals surface area contributed by atoms with Crippen molar-refractivity contribution < 1.29 is 9.47 Å². The van der Waals surface area contributed by atoms with Crippen LogP contribution >= 0.6 is 0 Å². The van der Waals surface area contributed by atoms with Crippen LogP contribution in [0.25, 0.3) is 0 Å². The molecule has 0 saturated heterocycles. The molecule has 22 heavy (non-hydrogen) atoms. The smallest absolute Gasteiger partial charge is 0.191 e. The van der Waals surface area contributed by atoms with Gasteiger partial charge in [0.05, 0.1) is 6.54 Å². The predicted molar refractivity (Wildman–Crippen MR) is 91.8 cm³/mol. The normalized spacial score (nSPS) is 11.3. The molecular weight excluding hydrogens is 278 g/mol. The van der Waals surface area contributed by atoms with Crippen LogP contribution in [-0.2, 0) is 4.74 Å². The Labute approximate surface area is 134 Å². The molecule has 1 aromatic rings. The molecular formula is C17H29N3O2. The number of hydrogen-bond donors (Lipinski definition) is 2. The molecule has 0 bridgehead atoms. The number of nitrogens with one attached hydrogen (secondary N) is 2. The number of nitrogens with zero attached hydrogens (tertiary/aromatic N) is 1. The van der Waals surface area contributed by atoms with Gasteiger partial charge in [-0.2, -0.15) is 0 Å². The van der Waals surface area contributed by atoms with Gasteiger partial charge in [0.15, 0.2) is 5.96 Å². The van der Waals surface area contributed by atoms with Crippen LogP contribution in [0.1, 0.15) is 25.3 Å². The molecule has 1 rings (SSSR count). The lowest BCUT2D eigenvalue weighted by molar-refractivity contribution is 0.143. The molecule has 2 N–H and O–H groups in total. The minimum absolute atomic E-state index is 0.607. The summed E-state index contributed by atoms with van der Waals surface area (Å²) in [6.45, 7) is 7.90.